The predicted octanol–water partition coefficient (Wildman–Crippen LogP) is 3.20. The molecule has 0 radical (unpaired) electrons. The van der Waals surface area contributed by atoms with Gasteiger partial charge < -0.3 is 0 Å². The third-order valence-electron chi connectivity index (χ3n) is 5.67. The largest absolute Gasteiger partial charge is 0.272 e. The maximum Gasteiger partial charge on any atom is 0.269 e. The summed E-state index contributed by atoms with van der Waals surface area (Å²) in [5.74, 6) is -0.489. The van der Waals surface area contributed by atoms with Crippen molar-refractivity contribution >= 4 is 40.3 Å². The lowest BCUT2D eigenvalue weighted by Gasteiger charge is -2.13. The monoisotopic (exact) mass is 498 g/mol. The fraction of sp³-hybridized carbons (Fsp3) is 0.115. The molecule has 0 aliphatic rings. The van der Waals surface area contributed by atoms with Gasteiger partial charge >= 0.3 is 0 Å². The summed E-state index contributed by atoms with van der Waals surface area (Å²) in [6.07, 6.45) is 0. The summed E-state index contributed by atoms with van der Waals surface area (Å²) in [4.78, 5) is 38.1. The minimum atomic E-state index is -0.412. The Bertz CT molecular complexity index is 1680. The molecule has 2 amide bonds. The highest BCUT2D eigenvalue weighted by molar-refractivity contribution is 7.99. The molecule has 5 rings (SSSR count). The van der Waals surface area contributed by atoms with Gasteiger partial charge in [-0.3, -0.25) is 29.6 Å². The quantitative estimate of drug-likeness (QED) is 0.284. The van der Waals surface area contributed by atoms with Crippen LogP contribution in [0.4, 0.5) is 0 Å². The first-order valence-corrected chi connectivity index (χ1v) is 12.2. The number of thioether (sulfide) groups is 1. The Hall–Kier alpha value is -4.44. The van der Waals surface area contributed by atoms with Crippen LogP contribution in [0, 0.1) is 13.8 Å². The van der Waals surface area contributed by atoms with E-state index in [-0.39, 0.29) is 11.3 Å². The molecule has 36 heavy (non-hydrogen) atoms. The number of rotatable bonds is 5. The van der Waals surface area contributed by atoms with E-state index in [2.05, 4.69) is 21.0 Å². The molecule has 0 atom stereocenters. The van der Waals surface area contributed by atoms with Crippen molar-refractivity contribution in [2.75, 3.05) is 5.75 Å². The molecule has 0 spiro atoms. The van der Waals surface area contributed by atoms with Gasteiger partial charge in [-0.05, 0) is 49.7 Å². The van der Waals surface area contributed by atoms with Crippen molar-refractivity contribution in [3.8, 4) is 5.69 Å². The minimum absolute atomic E-state index is 0.0210. The maximum atomic E-state index is 13.5. The molecule has 0 fully saturated rings. The summed E-state index contributed by atoms with van der Waals surface area (Å²) >= 11 is 1.15. The molecule has 0 unspecified atom stereocenters. The van der Waals surface area contributed by atoms with Crippen LogP contribution in [0.15, 0.2) is 82.7 Å². The fourth-order valence-corrected chi connectivity index (χ4v) is 4.74. The van der Waals surface area contributed by atoms with Gasteiger partial charge in [0.2, 0.25) is 11.7 Å². The molecule has 2 heterocycles. The average Bonchev–Trinajstić information content (AvgIpc) is 3.31. The van der Waals surface area contributed by atoms with Gasteiger partial charge in [0.05, 0.1) is 22.3 Å². The van der Waals surface area contributed by atoms with Crippen LogP contribution >= 0.6 is 11.8 Å². The summed E-state index contributed by atoms with van der Waals surface area (Å²) in [5.41, 5.74) is 8.43. The Morgan fingerprint density at radius 2 is 1.67 bits per heavy atom. The lowest BCUT2D eigenvalue weighted by atomic mass is 10.1. The molecule has 10 heteroatoms. The van der Waals surface area contributed by atoms with Crippen LogP contribution in [-0.2, 0) is 4.79 Å². The first-order valence-electron chi connectivity index (χ1n) is 11.2. The number of hydrogen-bond donors (Lipinski definition) is 2. The molecule has 0 aliphatic carbocycles. The molecule has 2 aromatic heterocycles. The number of para-hydroxylation sites is 1. The lowest BCUT2D eigenvalue weighted by molar-refractivity contribution is -0.119. The summed E-state index contributed by atoms with van der Waals surface area (Å²) in [5, 5.41) is 9.55. The van der Waals surface area contributed by atoms with E-state index in [4.69, 9.17) is 0 Å². The number of hydrogen-bond acceptors (Lipinski definition) is 6. The predicted molar refractivity (Wildman–Crippen MR) is 138 cm³/mol. The number of benzene rings is 3. The van der Waals surface area contributed by atoms with Crippen LogP contribution in [0.3, 0.4) is 0 Å². The van der Waals surface area contributed by atoms with E-state index in [1.165, 1.54) is 0 Å². The Morgan fingerprint density at radius 1 is 0.917 bits per heavy atom. The summed E-state index contributed by atoms with van der Waals surface area (Å²) in [7, 11) is 0. The van der Waals surface area contributed by atoms with E-state index in [0.717, 1.165) is 22.9 Å². The second kappa shape index (κ2) is 9.67. The van der Waals surface area contributed by atoms with Crippen molar-refractivity contribution in [1.82, 2.24) is 30.0 Å². The standard InChI is InChI=1S/C26H22N6O3S/c1-16-12-13-20(17(2)14-16)31-24(35)19-10-6-7-11-21(19)32-25(31)29-30-26(32)36-15-22(33)27-28-23(34)18-8-4-3-5-9-18/h3-14H,15H2,1-2H3,(H,27,33)(H,28,34). The van der Waals surface area contributed by atoms with Crippen molar-refractivity contribution in [3.05, 3.63) is 99.8 Å². The Balaban J connectivity index is 1.46. The topological polar surface area (TPSA) is 110 Å². The third kappa shape index (κ3) is 4.34. The molecule has 0 saturated carbocycles. The highest BCUT2D eigenvalue weighted by Gasteiger charge is 2.19. The van der Waals surface area contributed by atoms with Crippen LogP contribution in [-0.4, -0.2) is 36.7 Å². The maximum absolute atomic E-state index is 13.5. The number of aromatic nitrogens is 4. The second-order valence-corrected chi connectivity index (χ2v) is 9.17. The van der Waals surface area contributed by atoms with Crippen molar-refractivity contribution in [3.63, 3.8) is 0 Å². The molecule has 9 nitrogen and oxygen atoms in total. The first kappa shape index (κ1) is 23.3. The van der Waals surface area contributed by atoms with E-state index in [1.54, 1.807) is 45.4 Å². The van der Waals surface area contributed by atoms with Crippen molar-refractivity contribution < 1.29 is 9.59 Å². The second-order valence-electron chi connectivity index (χ2n) is 8.22. The van der Waals surface area contributed by atoms with Gasteiger partial charge in [-0.1, -0.05) is 59.8 Å². The molecule has 0 saturated heterocycles. The Morgan fingerprint density at radius 3 is 2.44 bits per heavy atom. The molecule has 5 aromatic rings. The number of aryl methyl sites for hydroxylation is 2. The highest BCUT2D eigenvalue weighted by atomic mass is 32.2. The van der Waals surface area contributed by atoms with Gasteiger partial charge in [0.1, 0.15) is 0 Å². The molecule has 2 N–H and O–H groups in total. The van der Waals surface area contributed by atoms with Gasteiger partial charge in [0.25, 0.3) is 11.5 Å². The Kier molecular flexibility index (Phi) is 6.26. The third-order valence-corrected chi connectivity index (χ3v) is 6.60. The Labute approximate surface area is 210 Å². The number of amides is 2. The molecule has 0 aliphatic heterocycles. The SMILES string of the molecule is Cc1ccc(-n2c(=O)c3ccccc3n3c(SCC(=O)NNC(=O)c4ccccc4)nnc23)c(C)c1. The van der Waals surface area contributed by atoms with Crippen molar-refractivity contribution in [1.29, 1.82) is 0 Å². The normalized spacial score (nSPS) is 11.1. The van der Waals surface area contributed by atoms with E-state index in [9.17, 15) is 14.4 Å². The zero-order valence-electron chi connectivity index (χ0n) is 19.6. The molecule has 0 bridgehead atoms. The highest BCUT2D eigenvalue weighted by Crippen LogP contribution is 2.24. The van der Waals surface area contributed by atoms with Gasteiger partial charge in [-0.2, -0.15) is 0 Å². The smallest absolute Gasteiger partial charge is 0.269 e. The fourth-order valence-electron chi connectivity index (χ4n) is 4.00. The molecular formula is C26H22N6O3S. The number of hydrazine groups is 1. The van der Waals surface area contributed by atoms with Crippen LogP contribution in [0.1, 0.15) is 21.5 Å². The number of fused-ring (bicyclic) bond motifs is 3. The molecule has 3 aromatic carbocycles. The van der Waals surface area contributed by atoms with Gasteiger partial charge in [0.15, 0.2) is 5.16 Å². The van der Waals surface area contributed by atoms with E-state index in [1.807, 2.05) is 50.2 Å². The van der Waals surface area contributed by atoms with Crippen LogP contribution in [0.25, 0.3) is 22.4 Å². The van der Waals surface area contributed by atoms with E-state index in [0.29, 0.717) is 33.1 Å². The van der Waals surface area contributed by atoms with Crippen LogP contribution in [0.2, 0.25) is 0 Å². The number of carbonyl (C=O) groups is 2. The zero-order chi connectivity index (χ0) is 25.2. The molecule has 180 valence electrons. The van der Waals surface area contributed by atoms with Crippen LogP contribution in [0.5, 0.6) is 0 Å². The lowest BCUT2D eigenvalue weighted by Crippen LogP contribution is -2.42. The van der Waals surface area contributed by atoms with Gasteiger partial charge in [-0.15, -0.1) is 10.2 Å². The number of nitrogens with zero attached hydrogens (tertiary/aromatic N) is 4. The van der Waals surface area contributed by atoms with Gasteiger partial charge in [0, 0.05) is 5.56 Å². The van der Waals surface area contributed by atoms with Crippen molar-refractivity contribution in [2.45, 2.75) is 19.0 Å². The summed E-state index contributed by atoms with van der Waals surface area (Å²) < 4.78 is 3.32. The first-order chi connectivity index (χ1) is 17.4. The van der Waals surface area contributed by atoms with Gasteiger partial charge in [-0.25, -0.2) is 4.57 Å². The van der Waals surface area contributed by atoms with Crippen molar-refractivity contribution in [2.24, 2.45) is 0 Å². The zero-order valence-corrected chi connectivity index (χ0v) is 20.4. The minimum Gasteiger partial charge on any atom is -0.272 e. The summed E-state index contributed by atoms with van der Waals surface area (Å²) in [6, 6.07) is 21.7. The summed E-state index contributed by atoms with van der Waals surface area (Å²) in [6.45, 7) is 3.94. The van der Waals surface area contributed by atoms with E-state index < -0.39 is 11.8 Å². The van der Waals surface area contributed by atoms with E-state index >= 15 is 0 Å². The number of nitrogens with one attached hydrogen (secondary N) is 2. The number of carbonyl (C=O) groups excluding carboxylic acids is 2. The average molecular weight is 499 g/mol. The molecular weight excluding hydrogens is 476 g/mol. The van der Waals surface area contributed by atoms with Crippen LogP contribution < -0.4 is 16.4 Å².